The van der Waals surface area contributed by atoms with Gasteiger partial charge >= 0.3 is 0 Å². The molecule has 0 aliphatic carbocycles. The zero-order chi connectivity index (χ0) is 9.23. The molecular formula is C10H21N. The van der Waals surface area contributed by atoms with Crippen molar-refractivity contribution in [3.05, 3.63) is 12.2 Å². The van der Waals surface area contributed by atoms with E-state index in [1.165, 1.54) is 5.57 Å². The Kier molecular flexibility index (Phi) is 3.30. The average molecular weight is 155 g/mol. The molecule has 66 valence electrons. The van der Waals surface area contributed by atoms with Crippen LogP contribution in [0, 0.1) is 5.41 Å². The molecule has 0 aromatic heterocycles. The minimum atomic E-state index is 0.287. The third-order valence-electron chi connectivity index (χ3n) is 1.80. The Bertz CT molecular complexity index is 139. The van der Waals surface area contributed by atoms with Crippen molar-refractivity contribution in [2.45, 2.75) is 33.7 Å². The third-order valence-corrected chi connectivity index (χ3v) is 1.80. The third kappa shape index (κ3) is 3.06. The lowest BCUT2D eigenvalue weighted by atomic mass is 9.82. The molecule has 11 heavy (non-hydrogen) atoms. The molecule has 0 saturated heterocycles. The molecule has 0 amide bonds. The fourth-order valence-corrected chi connectivity index (χ4v) is 1.95. The van der Waals surface area contributed by atoms with Crippen molar-refractivity contribution in [2.75, 3.05) is 14.1 Å². The van der Waals surface area contributed by atoms with E-state index in [2.05, 4.69) is 53.3 Å². The van der Waals surface area contributed by atoms with E-state index in [0.717, 1.165) is 0 Å². The van der Waals surface area contributed by atoms with Gasteiger partial charge < -0.3 is 4.90 Å². The van der Waals surface area contributed by atoms with Gasteiger partial charge in [-0.1, -0.05) is 32.9 Å². The smallest absolute Gasteiger partial charge is 0.0344 e. The highest BCUT2D eigenvalue weighted by molar-refractivity contribution is 5.06. The van der Waals surface area contributed by atoms with Crippen molar-refractivity contribution in [3.8, 4) is 0 Å². The lowest BCUT2D eigenvalue weighted by Crippen LogP contribution is -2.39. The summed E-state index contributed by atoms with van der Waals surface area (Å²) in [6.07, 6.45) is 0. The zero-order valence-corrected chi connectivity index (χ0v) is 8.73. The van der Waals surface area contributed by atoms with Crippen LogP contribution in [0.3, 0.4) is 0 Å². The van der Waals surface area contributed by atoms with Gasteiger partial charge in [0, 0.05) is 6.04 Å². The molecule has 0 bridgehead atoms. The van der Waals surface area contributed by atoms with Crippen molar-refractivity contribution in [2.24, 2.45) is 5.41 Å². The van der Waals surface area contributed by atoms with E-state index < -0.39 is 0 Å². The molecule has 1 heteroatoms. The van der Waals surface area contributed by atoms with Crippen molar-refractivity contribution in [1.29, 1.82) is 0 Å². The molecule has 0 radical (unpaired) electrons. The SMILES string of the molecule is C=C(C)C(N(C)C)C(C)(C)C. The summed E-state index contributed by atoms with van der Waals surface area (Å²) in [7, 11) is 4.20. The van der Waals surface area contributed by atoms with E-state index in [4.69, 9.17) is 0 Å². The van der Waals surface area contributed by atoms with Crippen molar-refractivity contribution in [1.82, 2.24) is 4.90 Å². The minimum Gasteiger partial charge on any atom is -0.302 e. The van der Waals surface area contributed by atoms with E-state index in [1.807, 2.05) is 0 Å². The number of likely N-dealkylation sites (N-methyl/N-ethyl adjacent to an activating group) is 1. The standard InChI is InChI=1S/C10H21N/c1-8(2)9(11(6)7)10(3,4)5/h9H,1H2,2-7H3. The Morgan fingerprint density at radius 2 is 1.64 bits per heavy atom. The van der Waals surface area contributed by atoms with Crippen molar-refractivity contribution in [3.63, 3.8) is 0 Å². The Hall–Kier alpha value is -0.300. The second-order valence-corrected chi connectivity index (χ2v) is 4.58. The van der Waals surface area contributed by atoms with E-state index in [1.54, 1.807) is 0 Å². The van der Waals surface area contributed by atoms with Gasteiger partial charge in [-0.3, -0.25) is 0 Å². The van der Waals surface area contributed by atoms with Crippen LogP contribution in [0.4, 0.5) is 0 Å². The summed E-state index contributed by atoms with van der Waals surface area (Å²) >= 11 is 0. The fraction of sp³-hybridized carbons (Fsp3) is 0.800. The van der Waals surface area contributed by atoms with Crippen LogP contribution >= 0.6 is 0 Å². The summed E-state index contributed by atoms with van der Waals surface area (Å²) in [5.74, 6) is 0. The molecule has 0 saturated carbocycles. The van der Waals surface area contributed by atoms with Gasteiger partial charge in [0.15, 0.2) is 0 Å². The Morgan fingerprint density at radius 3 is 1.64 bits per heavy atom. The van der Waals surface area contributed by atoms with Crippen LogP contribution in [0.1, 0.15) is 27.7 Å². The first-order valence-electron chi connectivity index (χ1n) is 4.08. The predicted octanol–water partition coefficient (Wildman–Crippen LogP) is 2.54. The second-order valence-electron chi connectivity index (χ2n) is 4.58. The molecule has 0 rings (SSSR count). The minimum absolute atomic E-state index is 0.287. The highest BCUT2D eigenvalue weighted by atomic mass is 15.1. The molecule has 0 fully saturated rings. The topological polar surface area (TPSA) is 3.24 Å². The van der Waals surface area contributed by atoms with Crippen LogP contribution in [0.2, 0.25) is 0 Å². The Labute approximate surface area is 71.1 Å². The van der Waals surface area contributed by atoms with E-state index in [0.29, 0.717) is 6.04 Å². The second kappa shape index (κ2) is 3.40. The molecule has 1 atom stereocenters. The largest absolute Gasteiger partial charge is 0.302 e. The van der Waals surface area contributed by atoms with Crippen LogP contribution in [0.15, 0.2) is 12.2 Å². The van der Waals surface area contributed by atoms with Gasteiger partial charge in [-0.05, 0) is 26.4 Å². The lowest BCUT2D eigenvalue weighted by Gasteiger charge is -2.36. The average Bonchev–Trinajstić information content (AvgIpc) is 1.54. The molecule has 0 heterocycles. The highest BCUT2D eigenvalue weighted by Gasteiger charge is 2.26. The zero-order valence-electron chi connectivity index (χ0n) is 8.73. The van der Waals surface area contributed by atoms with Crippen LogP contribution < -0.4 is 0 Å². The molecule has 0 aliphatic heterocycles. The summed E-state index contributed by atoms with van der Waals surface area (Å²) in [6, 6.07) is 0.475. The number of hydrogen-bond acceptors (Lipinski definition) is 1. The first-order valence-corrected chi connectivity index (χ1v) is 4.08. The molecule has 0 spiro atoms. The van der Waals surface area contributed by atoms with Gasteiger partial charge in [-0.15, -0.1) is 0 Å². The maximum Gasteiger partial charge on any atom is 0.0344 e. The predicted molar refractivity (Wildman–Crippen MR) is 51.7 cm³/mol. The molecular weight excluding hydrogens is 134 g/mol. The maximum absolute atomic E-state index is 4.00. The molecule has 1 unspecified atom stereocenters. The van der Waals surface area contributed by atoms with E-state index >= 15 is 0 Å². The number of hydrogen-bond donors (Lipinski definition) is 0. The lowest BCUT2D eigenvalue weighted by molar-refractivity contribution is 0.184. The van der Waals surface area contributed by atoms with Gasteiger partial charge in [0.2, 0.25) is 0 Å². The van der Waals surface area contributed by atoms with Crippen LogP contribution in [0.5, 0.6) is 0 Å². The van der Waals surface area contributed by atoms with E-state index in [9.17, 15) is 0 Å². The van der Waals surface area contributed by atoms with Crippen LogP contribution in [0.25, 0.3) is 0 Å². The van der Waals surface area contributed by atoms with Gasteiger partial charge in [-0.2, -0.15) is 0 Å². The first kappa shape index (κ1) is 10.7. The summed E-state index contributed by atoms with van der Waals surface area (Å²) in [6.45, 7) is 12.8. The highest BCUT2D eigenvalue weighted by Crippen LogP contribution is 2.27. The molecule has 0 aromatic carbocycles. The molecule has 0 aliphatic rings. The van der Waals surface area contributed by atoms with Gasteiger partial charge in [-0.25, -0.2) is 0 Å². The monoisotopic (exact) mass is 155 g/mol. The summed E-state index contributed by atoms with van der Waals surface area (Å²) in [5.41, 5.74) is 1.53. The van der Waals surface area contributed by atoms with E-state index in [-0.39, 0.29) is 5.41 Å². The molecule has 0 N–H and O–H groups in total. The first-order chi connectivity index (χ1) is 4.76. The summed E-state index contributed by atoms with van der Waals surface area (Å²) in [5, 5.41) is 0. The van der Waals surface area contributed by atoms with Crippen molar-refractivity contribution < 1.29 is 0 Å². The molecule has 1 nitrogen and oxygen atoms in total. The fourth-order valence-electron chi connectivity index (χ4n) is 1.95. The normalized spacial score (nSPS) is 15.2. The maximum atomic E-state index is 4.00. The molecule has 0 aromatic rings. The van der Waals surface area contributed by atoms with Gasteiger partial charge in [0.05, 0.1) is 0 Å². The van der Waals surface area contributed by atoms with Gasteiger partial charge in [0.1, 0.15) is 0 Å². The number of rotatable bonds is 2. The summed E-state index contributed by atoms with van der Waals surface area (Å²) < 4.78 is 0. The van der Waals surface area contributed by atoms with Crippen LogP contribution in [-0.4, -0.2) is 25.0 Å². The summed E-state index contributed by atoms with van der Waals surface area (Å²) in [4.78, 5) is 2.22. The van der Waals surface area contributed by atoms with Gasteiger partial charge in [0.25, 0.3) is 0 Å². The quantitative estimate of drug-likeness (QED) is 0.554. The number of nitrogens with zero attached hydrogens (tertiary/aromatic N) is 1. The Balaban J connectivity index is 4.49. The van der Waals surface area contributed by atoms with Crippen molar-refractivity contribution >= 4 is 0 Å². The van der Waals surface area contributed by atoms with Crippen LogP contribution in [-0.2, 0) is 0 Å². The Morgan fingerprint density at radius 1 is 1.27 bits per heavy atom.